The van der Waals surface area contributed by atoms with E-state index in [-0.39, 0.29) is 5.82 Å². The summed E-state index contributed by atoms with van der Waals surface area (Å²) < 4.78 is 14.4. The Morgan fingerprint density at radius 2 is 2.14 bits per heavy atom. The monoisotopic (exact) mass is 397 g/mol. The van der Waals surface area contributed by atoms with Gasteiger partial charge in [0.2, 0.25) is 5.95 Å². The van der Waals surface area contributed by atoms with Crippen LogP contribution in [0.3, 0.4) is 0 Å². The highest BCUT2D eigenvalue weighted by molar-refractivity contribution is 5.87. The number of anilines is 4. The van der Waals surface area contributed by atoms with Crippen LogP contribution in [0.1, 0.15) is 31.2 Å². The summed E-state index contributed by atoms with van der Waals surface area (Å²) in [6, 6.07) is 5.14. The van der Waals surface area contributed by atoms with Crippen molar-refractivity contribution in [2.24, 2.45) is 11.8 Å². The van der Waals surface area contributed by atoms with Crippen LogP contribution in [0.5, 0.6) is 0 Å². The third-order valence-corrected chi connectivity index (χ3v) is 5.98. The number of hydrogen-bond donors (Lipinski definition) is 4. The van der Waals surface area contributed by atoms with E-state index in [9.17, 15) is 4.39 Å². The van der Waals surface area contributed by atoms with Gasteiger partial charge in [0.15, 0.2) is 11.6 Å². The molecule has 1 aromatic carbocycles. The molecule has 1 aromatic heterocycles. The van der Waals surface area contributed by atoms with Gasteiger partial charge in [-0.25, -0.2) is 9.37 Å². The van der Waals surface area contributed by atoms with Crippen molar-refractivity contribution in [3.63, 3.8) is 0 Å². The molecular formula is C21H28FN7. The Labute approximate surface area is 170 Å². The summed E-state index contributed by atoms with van der Waals surface area (Å²) in [5.74, 6) is 1.50. The number of piperidine rings is 2. The fourth-order valence-electron chi connectivity index (χ4n) is 4.37. The standard InChI is InChI=1S/C21H28FN7/c22-18-12-26-21(28-20(18)27-17-5-6-19(24)16(9-17)10-23)29-8-2-4-15(13-29)14-3-1-7-25-11-14/h5-6,9-10,12,14-15,23,25H,1-4,7-8,11,13,24H2,(H,26,27,28). The van der Waals surface area contributed by atoms with Crippen molar-refractivity contribution in [2.45, 2.75) is 25.7 Å². The third kappa shape index (κ3) is 4.48. The minimum absolute atomic E-state index is 0.136. The van der Waals surface area contributed by atoms with Crippen LogP contribution in [0, 0.1) is 23.1 Å². The third-order valence-electron chi connectivity index (χ3n) is 5.98. The van der Waals surface area contributed by atoms with Crippen LogP contribution in [0.25, 0.3) is 0 Å². The van der Waals surface area contributed by atoms with E-state index in [0.29, 0.717) is 34.7 Å². The number of nitrogens with one attached hydrogen (secondary N) is 3. The molecule has 3 heterocycles. The minimum atomic E-state index is -0.507. The van der Waals surface area contributed by atoms with Gasteiger partial charge in [0.05, 0.1) is 6.20 Å². The van der Waals surface area contributed by atoms with Gasteiger partial charge in [-0.05, 0) is 68.8 Å². The lowest BCUT2D eigenvalue weighted by Gasteiger charge is -2.38. The van der Waals surface area contributed by atoms with Crippen LogP contribution in [-0.4, -0.2) is 42.4 Å². The summed E-state index contributed by atoms with van der Waals surface area (Å²) in [4.78, 5) is 10.9. The first kappa shape index (κ1) is 19.6. The first-order valence-corrected chi connectivity index (χ1v) is 10.3. The van der Waals surface area contributed by atoms with Crippen LogP contribution in [-0.2, 0) is 0 Å². The summed E-state index contributed by atoms with van der Waals surface area (Å²) in [6.07, 6.45) is 7.25. The molecule has 0 spiro atoms. The zero-order chi connectivity index (χ0) is 20.2. The zero-order valence-electron chi connectivity index (χ0n) is 16.5. The summed E-state index contributed by atoms with van der Waals surface area (Å²) in [5, 5.41) is 13.9. The molecule has 2 fully saturated rings. The Morgan fingerprint density at radius 3 is 2.93 bits per heavy atom. The quantitative estimate of drug-likeness (QED) is 0.457. The highest BCUT2D eigenvalue weighted by atomic mass is 19.1. The van der Waals surface area contributed by atoms with E-state index < -0.39 is 5.82 Å². The summed E-state index contributed by atoms with van der Waals surface area (Å²) >= 11 is 0. The highest BCUT2D eigenvalue weighted by Crippen LogP contribution is 2.30. The van der Waals surface area contributed by atoms with Crippen LogP contribution in [0.4, 0.5) is 27.5 Å². The number of nitrogens with two attached hydrogens (primary N) is 1. The fraction of sp³-hybridized carbons (Fsp3) is 0.476. The Morgan fingerprint density at radius 1 is 1.28 bits per heavy atom. The Hall–Kier alpha value is -2.74. The van der Waals surface area contributed by atoms with Gasteiger partial charge in [-0.15, -0.1) is 0 Å². The maximum absolute atomic E-state index is 14.4. The smallest absolute Gasteiger partial charge is 0.227 e. The molecule has 7 nitrogen and oxygen atoms in total. The first-order valence-electron chi connectivity index (χ1n) is 10.3. The molecule has 154 valence electrons. The number of nitrogen functional groups attached to an aromatic ring is 1. The minimum Gasteiger partial charge on any atom is -0.398 e. The molecule has 29 heavy (non-hydrogen) atoms. The van der Waals surface area contributed by atoms with Gasteiger partial charge < -0.3 is 26.7 Å². The molecule has 8 heteroatoms. The molecule has 0 saturated carbocycles. The maximum atomic E-state index is 14.4. The normalized spacial score (nSPS) is 22.3. The van der Waals surface area contributed by atoms with Gasteiger partial charge in [-0.3, -0.25) is 0 Å². The molecule has 2 aliphatic heterocycles. The molecule has 5 N–H and O–H groups in total. The van der Waals surface area contributed by atoms with E-state index in [1.807, 2.05) is 0 Å². The van der Waals surface area contributed by atoms with E-state index in [1.165, 1.54) is 31.7 Å². The highest BCUT2D eigenvalue weighted by Gasteiger charge is 2.29. The van der Waals surface area contributed by atoms with Crippen molar-refractivity contribution < 1.29 is 4.39 Å². The molecule has 0 bridgehead atoms. The molecule has 2 aromatic rings. The van der Waals surface area contributed by atoms with Crippen molar-refractivity contribution in [3.05, 3.63) is 35.8 Å². The van der Waals surface area contributed by atoms with Crippen molar-refractivity contribution in [1.29, 1.82) is 5.41 Å². The molecule has 0 aliphatic carbocycles. The van der Waals surface area contributed by atoms with Crippen LogP contribution in [0.2, 0.25) is 0 Å². The van der Waals surface area contributed by atoms with E-state index in [0.717, 1.165) is 32.6 Å². The van der Waals surface area contributed by atoms with Gasteiger partial charge in [0.25, 0.3) is 0 Å². The van der Waals surface area contributed by atoms with Crippen molar-refractivity contribution in [1.82, 2.24) is 15.3 Å². The number of rotatable bonds is 5. The second kappa shape index (κ2) is 8.73. The molecule has 2 unspecified atom stereocenters. The van der Waals surface area contributed by atoms with E-state index >= 15 is 0 Å². The molecular weight excluding hydrogens is 369 g/mol. The Balaban J connectivity index is 1.51. The summed E-state index contributed by atoms with van der Waals surface area (Å²) in [7, 11) is 0. The number of hydrogen-bond acceptors (Lipinski definition) is 7. The summed E-state index contributed by atoms with van der Waals surface area (Å²) in [6.45, 7) is 4.01. The van der Waals surface area contributed by atoms with Gasteiger partial charge in [-0.2, -0.15) is 4.98 Å². The van der Waals surface area contributed by atoms with E-state index in [2.05, 4.69) is 25.5 Å². The van der Waals surface area contributed by atoms with Gasteiger partial charge in [0.1, 0.15) is 0 Å². The molecule has 0 radical (unpaired) electrons. The Kier molecular flexibility index (Phi) is 5.89. The number of halogens is 1. The molecule has 4 rings (SSSR count). The fourth-order valence-corrected chi connectivity index (χ4v) is 4.37. The van der Waals surface area contributed by atoms with E-state index in [4.69, 9.17) is 11.1 Å². The van der Waals surface area contributed by atoms with Gasteiger partial charge in [0, 0.05) is 36.2 Å². The molecule has 2 atom stereocenters. The average Bonchev–Trinajstić information content (AvgIpc) is 2.77. The molecule has 2 aliphatic rings. The summed E-state index contributed by atoms with van der Waals surface area (Å²) in [5.41, 5.74) is 7.54. The average molecular weight is 398 g/mol. The number of benzene rings is 1. The van der Waals surface area contributed by atoms with E-state index in [1.54, 1.807) is 18.2 Å². The molecule has 2 saturated heterocycles. The lowest BCUT2D eigenvalue weighted by Crippen LogP contribution is -2.43. The largest absolute Gasteiger partial charge is 0.398 e. The first-order chi connectivity index (χ1) is 14.1. The number of nitrogens with zero attached hydrogens (tertiary/aromatic N) is 3. The zero-order valence-corrected chi connectivity index (χ0v) is 16.5. The number of aromatic nitrogens is 2. The Bertz CT molecular complexity index is 866. The maximum Gasteiger partial charge on any atom is 0.227 e. The SMILES string of the molecule is N=Cc1cc(Nc2nc(N3CCCC(C4CCCNC4)C3)ncc2F)ccc1N. The van der Waals surface area contributed by atoms with Crippen molar-refractivity contribution in [2.75, 3.05) is 42.1 Å². The van der Waals surface area contributed by atoms with Crippen LogP contribution >= 0.6 is 0 Å². The lowest BCUT2D eigenvalue weighted by molar-refractivity contribution is 0.233. The lowest BCUT2D eigenvalue weighted by atomic mass is 9.81. The van der Waals surface area contributed by atoms with Crippen molar-refractivity contribution in [3.8, 4) is 0 Å². The van der Waals surface area contributed by atoms with Crippen LogP contribution in [0.15, 0.2) is 24.4 Å². The topological polar surface area (TPSA) is 103 Å². The van der Waals surface area contributed by atoms with Gasteiger partial charge >= 0.3 is 0 Å². The van der Waals surface area contributed by atoms with Crippen molar-refractivity contribution >= 4 is 29.4 Å². The second-order valence-electron chi connectivity index (χ2n) is 7.93. The van der Waals surface area contributed by atoms with Gasteiger partial charge in [-0.1, -0.05) is 0 Å². The molecule has 0 amide bonds. The second-order valence-corrected chi connectivity index (χ2v) is 7.93. The predicted octanol–water partition coefficient (Wildman–Crippen LogP) is 3.16. The predicted molar refractivity (Wildman–Crippen MR) is 115 cm³/mol. The van der Waals surface area contributed by atoms with Crippen LogP contribution < -0.4 is 21.3 Å².